The average Bonchev–Trinajstić information content (AvgIpc) is 2.37. The summed E-state index contributed by atoms with van der Waals surface area (Å²) in [6.07, 6.45) is -0.462. The second-order valence-corrected chi connectivity index (χ2v) is 5.51. The molecule has 1 heterocycles. The second-order valence-electron chi connectivity index (χ2n) is 5.51. The third kappa shape index (κ3) is 3.09. The molecule has 0 bridgehead atoms. The lowest BCUT2D eigenvalue weighted by Crippen LogP contribution is -2.46. The number of carbonyl (C=O) groups is 1. The minimum atomic E-state index is -0.646. The first-order valence-electron chi connectivity index (χ1n) is 5.54. The predicted octanol–water partition coefficient (Wildman–Crippen LogP) is 1.32. The third-order valence-corrected chi connectivity index (χ3v) is 2.37. The number of ether oxygens (including phenoxy) is 2. The van der Waals surface area contributed by atoms with Crippen molar-refractivity contribution < 1.29 is 14.3 Å². The van der Waals surface area contributed by atoms with Crippen molar-refractivity contribution in [2.45, 2.75) is 52.0 Å². The van der Waals surface area contributed by atoms with Crippen LogP contribution in [-0.2, 0) is 9.47 Å². The highest BCUT2D eigenvalue weighted by Crippen LogP contribution is 2.28. The minimum Gasteiger partial charge on any atom is -0.444 e. The van der Waals surface area contributed by atoms with Gasteiger partial charge >= 0.3 is 6.09 Å². The molecule has 0 aromatic rings. The van der Waals surface area contributed by atoms with Crippen molar-refractivity contribution in [3.05, 3.63) is 0 Å². The number of carbonyl (C=O) groups excluding carboxylic acids is 1. The zero-order chi connectivity index (χ0) is 12.6. The van der Waals surface area contributed by atoms with Gasteiger partial charge in [-0.15, -0.1) is 0 Å². The normalized spacial score (nSPS) is 24.6. The van der Waals surface area contributed by atoms with E-state index in [1.165, 1.54) is 0 Å². The van der Waals surface area contributed by atoms with Crippen molar-refractivity contribution in [1.82, 2.24) is 4.90 Å². The quantitative estimate of drug-likeness (QED) is 0.737. The lowest BCUT2D eigenvalue weighted by atomic mass is 10.2. The number of amides is 1. The van der Waals surface area contributed by atoms with Crippen molar-refractivity contribution in [1.29, 1.82) is 0 Å². The Morgan fingerprint density at radius 2 is 2.12 bits per heavy atom. The van der Waals surface area contributed by atoms with E-state index in [9.17, 15) is 4.79 Å². The second kappa shape index (κ2) is 4.22. The Morgan fingerprint density at radius 1 is 1.56 bits per heavy atom. The van der Waals surface area contributed by atoms with Gasteiger partial charge in [0.05, 0.1) is 12.6 Å². The maximum absolute atomic E-state index is 11.9. The van der Waals surface area contributed by atoms with E-state index >= 15 is 0 Å². The van der Waals surface area contributed by atoms with Crippen LogP contribution in [0, 0.1) is 0 Å². The summed E-state index contributed by atoms with van der Waals surface area (Å²) in [5.41, 5.74) is 4.40. The third-order valence-electron chi connectivity index (χ3n) is 2.37. The number of nitrogens with two attached hydrogens (primary N) is 1. The molecule has 0 aliphatic carbocycles. The van der Waals surface area contributed by atoms with Gasteiger partial charge in [0.15, 0.2) is 0 Å². The van der Waals surface area contributed by atoms with Gasteiger partial charge in [-0.25, -0.2) is 4.79 Å². The Morgan fingerprint density at radius 3 is 2.50 bits per heavy atom. The molecule has 1 atom stereocenters. The van der Waals surface area contributed by atoms with Crippen LogP contribution in [0.3, 0.4) is 0 Å². The predicted molar refractivity (Wildman–Crippen MR) is 60.9 cm³/mol. The van der Waals surface area contributed by atoms with Gasteiger partial charge in [0.25, 0.3) is 0 Å². The van der Waals surface area contributed by atoms with Gasteiger partial charge < -0.3 is 15.2 Å². The highest BCUT2D eigenvalue weighted by molar-refractivity contribution is 5.69. The molecule has 0 spiro atoms. The Labute approximate surface area is 96.9 Å². The van der Waals surface area contributed by atoms with E-state index in [0.29, 0.717) is 13.1 Å². The molecule has 5 nitrogen and oxygen atoms in total. The van der Waals surface area contributed by atoms with Crippen LogP contribution >= 0.6 is 0 Å². The van der Waals surface area contributed by atoms with Crippen LogP contribution in [0.5, 0.6) is 0 Å². The zero-order valence-electron chi connectivity index (χ0n) is 10.7. The molecule has 1 amide bonds. The highest BCUT2D eigenvalue weighted by Gasteiger charge is 2.43. The molecule has 2 N–H and O–H groups in total. The Balaban J connectivity index is 2.69. The van der Waals surface area contributed by atoms with Gasteiger partial charge in [-0.1, -0.05) is 0 Å². The van der Waals surface area contributed by atoms with Gasteiger partial charge in [-0.05, 0) is 34.6 Å². The van der Waals surface area contributed by atoms with E-state index < -0.39 is 11.3 Å². The number of hydrogen-bond acceptors (Lipinski definition) is 4. The van der Waals surface area contributed by atoms with Crippen molar-refractivity contribution in [3.8, 4) is 0 Å². The molecule has 1 fully saturated rings. The van der Waals surface area contributed by atoms with E-state index in [4.69, 9.17) is 15.2 Å². The van der Waals surface area contributed by atoms with Crippen LogP contribution in [0.15, 0.2) is 0 Å². The first kappa shape index (κ1) is 13.3. The van der Waals surface area contributed by atoms with Gasteiger partial charge in [0.1, 0.15) is 11.3 Å². The topological polar surface area (TPSA) is 64.8 Å². The van der Waals surface area contributed by atoms with E-state index in [2.05, 4.69) is 0 Å². The van der Waals surface area contributed by atoms with Crippen LogP contribution in [0.1, 0.15) is 34.6 Å². The van der Waals surface area contributed by atoms with Gasteiger partial charge in [0.2, 0.25) is 0 Å². The summed E-state index contributed by atoms with van der Waals surface area (Å²) >= 11 is 0. The highest BCUT2D eigenvalue weighted by atomic mass is 16.6. The van der Waals surface area contributed by atoms with Gasteiger partial charge in [-0.2, -0.15) is 0 Å². The molecule has 94 valence electrons. The summed E-state index contributed by atoms with van der Waals surface area (Å²) < 4.78 is 11.0. The van der Waals surface area contributed by atoms with Crippen molar-refractivity contribution >= 4 is 6.09 Å². The number of hydrogen-bond donors (Lipinski definition) is 1. The van der Waals surface area contributed by atoms with Crippen molar-refractivity contribution in [3.63, 3.8) is 0 Å². The van der Waals surface area contributed by atoms with E-state index in [0.717, 1.165) is 0 Å². The molecule has 1 aliphatic rings. The molecule has 0 unspecified atom stereocenters. The fourth-order valence-corrected chi connectivity index (χ4v) is 1.67. The molecule has 0 radical (unpaired) electrons. The monoisotopic (exact) mass is 230 g/mol. The number of rotatable bonds is 1. The summed E-state index contributed by atoms with van der Waals surface area (Å²) in [4.78, 5) is 13.5. The van der Waals surface area contributed by atoms with Crippen LogP contribution in [0.4, 0.5) is 4.79 Å². The van der Waals surface area contributed by atoms with E-state index in [1.807, 2.05) is 34.6 Å². The molecule has 5 heteroatoms. The van der Waals surface area contributed by atoms with E-state index in [-0.39, 0.29) is 12.2 Å². The van der Waals surface area contributed by atoms with Crippen molar-refractivity contribution in [2.75, 3.05) is 13.1 Å². The summed E-state index contributed by atoms with van der Waals surface area (Å²) in [6, 6.07) is 0. The Bertz CT molecular complexity index is 271. The Hall–Kier alpha value is -0.810. The van der Waals surface area contributed by atoms with Gasteiger partial charge in [-0.3, -0.25) is 4.90 Å². The molecule has 0 aromatic carbocycles. The van der Waals surface area contributed by atoms with Crippen LogP contribution < -0.4 is 5.73 Å². The van der Waals surface area contributed by atoms with Crippen LogP contribution in [-0.4, -0.2) is 41.5 Å². The molecule has 16 heavy (non-hydrogen) atoms. The first-order valence-corrected chi connectivity index (χ1v) is 5.54. The summed E-state index contributed by atoms with van der Waals surface area (Å²) in [6.45, 7) is 10.1. The summed E-state index contributed by atoms with van der Waals surface area (Å²) in [5.74, 6) is 0. The Kier molecular flexibility index (Phi) is 3.50. The lowest BCUT2D eigenvalue weighted by molar-refractivity contribution is -0.0761. The van der Waals surface area contributed by atoms with Crippen LogP contribution in [0.25, 0.3) is 0 Å². The molecular weight excluding hydrogens is 208 g/mol. The zero-order valence-corrected chi connectivity index (χ0v) is 10.7. The molecule has 0 aromatic heterocycles. The van der Waals surface area contributed by atoms with Crippen molar-refractivity contribution in [2.24, 2.45) is 5.73 Å². The SMILES string of the molecule is CC(C)(C)OC(=O)N1C[C@H](CN)OC1(C)C. The van der Waals surface area contributed by atoms with Gasteiger partial charge in [0, 0.05) is 6.54 Å². The first-order chi connectivity index (χ1) is 7.15. The fourth-order valence-electron chi connectivity index (χ4n) is 1.67. The maximum atomic E-state index is 11.9. The lowest BCUT2D eigenvalue weighted by Gasteiger charge is -2.31. The minimum absolute atomic E-state index is 0.109. The van der Waals surface area contributed by atoms with Crippen LogP contribution in [0.2, 0.25) is 0 Å². The smallest absolute Gasteiger partial charge is 0.412 e. The summed E-state index contributed by atoms with van der Waals surface area (Å²) in [5, 5.41) is 0. The molecule has 1 aliphatic heterocycles. The molecule has 1 saturated heterocycles. The van der Waals surface area contributed by atoms with E-state index in [1.54, 1.807) is 4.90 Å². The largest absolute Gasteiger partial charge is 0.444 e. The fraction of sp³-hybridized carbons (Fsp3) is 0.909. The molecule has 0 saturated carbocycles. The standard InChI is InChI=1S/C11H22N2O3/c1-10(2,3)16-9(14)13-7-8(6-12)15-11(13,4)5/h8H,6-7,12H2,1-5H3/t8-/m0/s1. The maximum Gasteiger partial charge on any atom is 0.412 e. The molecular formula is C11H22N2O3. The molecule has 1 rings (SSSR count). The summed E-state index contributed by atoms with van der Waals surface area (Å²) in [7, 11) is 0. The number of nitrogens with zero attached hydrogens (tertiary/aromatic N) is 1. The average molecular weight is 230 g/mol.